The van der Waals surface area contributed by atoms with Crippen LogP contribution in [0.4, 0.5) is 5.82 Å². The summed E-state index contributed by atoms with van der Waals surface area (Å²) in [6, 6.07) is 8.98. The molecule has 1 aromatic heterocycles. The summed E-state index contributed by atoms with van der Waals surface area (Å²) in [5.74, 6) is 1.23. The smallest absolute Gasteiger partial charge is 0.266 e. The molecule has 1 N–H and O–H groups in total. The van der Waals surface area contributed by atoms with Gasteiger partial charge in [0.25, 0.3) is 5.91 Å². The number of benzene rings is 1. The number of ether oxygens (including phenoxy) is 1. The molecule has 0 atom stereocenters. The van der Waals surface area contributed by atoms with Gasteiger partial charge in [0.15, 0.2) is 5.82 Å². The van der Waals surface area contributed by atoms with Crippen molar-refractivity contribution in [3.05, 3.63) is 46.6 Å². The zero-order valence-electron chi connectivity index (χ0n) is 14.7. The number of carbonyl (C=O) groups excluding carboxylic acids is 2. The maximum absolute atomic E-state index is 12.6. The molecule has 0 saturated carbocycles. The van der Waals surface area contributed by atoms with Crippen molar-refractivity contribution in [1.29, 1.82) is 0 Å². The fraction of sp³-hybridized carbons (Fsp3) is 0.222. The van der Waals surface area contributed by atoms with Crippen LogP contribution in [0.2, 0.25) is 0 Å². The first-order valence-electron chi connectivity index (χ1n) is 8.09. The number of amides is 2. The number of thiocarbonyl (C=S) groups is 1. The van der Waals surface area contributed by atoms with E-state index in [0.717, 1.165) is 11.3 Å². The van der Waals surface area contributed by atoms with E-state index in [1.165, 1.54) is 16.7 Å². The predicted molar refractivity (Wildman–Crippen MR) is 107 cm³/mol. The molecule has 0 spiro atoms. The van der Waals surface area contributed by atoms with Gasteiger partial charge in [-0.05, 0) is 30.7 Å². The second kappa shape index (κ2) is 8.36. The highest BCUT2D eigenvalue weighted by atomic mass is 32.2. The standard InChI is InChI=1S/C18H17N3O4S2/c1-11-9-15(20-25-11)19-16(22)7-8-21-17(23)14(27-18(21)26)10-12-3-5-13(24-2)6-4-12/h3-6,9-10H,7-8H2,1-2H3,(H,19,20,22). The van der Waals surface area contributed by atoms with Crippen LogP contribution < -0.4 is 10.1 Å². The molecular weight excluding hydrogens is 386 g/mol. The molecule has 1 saturated heterocycles. The van der Waals surface area contributed by atoms with Gasteiger partial charge in [-0.2, -0.15) is 0 Å². The zero-order chi connectivity index (χ0) is 19.4. The van der Waals surface area contributed by atoms with Crippen molar-refractivity contribution in [2.24, 2.45) is 0 Å². The van der Waals surface area contributed by atoms with Crippen LogP contribution in [-0.4, -0.2) is 39.8 Å². The normalized spacial score (nSPS) is 15.5. The van der Waals surface area contributed by atoms with Crippen LogP contribution in [0.3, 0.4) is 0 Å². The maximum atomic E-state index is 12.6. The molecule has 27 heavy (non-hydrogen) atoms. The molecule has 9 heteroatoms. The van der Waals surface area contributed by atoms with E-state index in [1.54, 1.807) is 26.2 Å². The first-order valence-corrected chi connectivity index (χ1v) is 9.31. The summed E-state index contributed by atoms with van der Waals surface area (Å²) in [5, 5.41) is 6.32. The van der Waals surface area contributed by atoms with E-state index in [-0.39, 0.29) is 24.8 Å². The number of rotatable bonds is 6. The summed E-state index contributed by atoms with van der Waals surface area (Å²) < 4.78 is 10.5. The zero-order valence-corrected chi connectivity index (χ0v) is 16.4. The van der Waals surface area contributed by atoms with Crippen LogP contribution in [0.15, 0.2) is 39.8 Å². The Morgan fingerprint density at radius 3 is 2.78 bits per heavy atom. The number of aryl methyl sites for hydroxylation is 1. The molecule has 1 aromatic carbocycles. The number of nitrogens with one attached hydrogen (secondary N) is 1. The number of hydrogen-bond donors (Lipinski definition) is 1. The Morgan fingerprint density at radius 2 is 2.15 bits per heavy atom. The van der Waals surface area contributed by atoms with Crippen LogP contribution in [0.25, 0.3) is 6.08 Å². The molecule has 0 unspecified atom stereocenters. The Bertz CT molecular complexity index is 906. The average molecular weight is 403 g/mol. The summed E-state index contributed by atoms with van der Waals surface area (Å²) in [4.78, 5) is 26.6. The van der Waals surface area contributed by atoms with Crippen LogP contribution >= 0.6 is 24.0 Å². The van der Waals surface area contributed by atoms with Crippen molar-refractivity contribution in [1.82, 2.24) is 10.1 Å². The van der Waals surface area contributed by atoms with E-state index in [1.807, 2.05) is 24.3 Å². The van der Waals surface area contributed by atoms with Crippen LogP contribution in [0.1, 0.15) is 17.7 Å². The molecule has 0 aliphatic carbocycles. The third kappa shape index (κ3) is 4.75. The third-order valence-electron chi connectivity index (χ3n) is 3.75. The second-order valence-electron chi connectivity index (χ2n) is 5.73. The lowest BCUT2D eigenvalue weighted by Crippen LogP contribution is -2.31. The Balaban J connectivity index is 1.60. The van der Waals surface area contributed by atoms with Gasteiger partial charge >= 0.3 is 0 Å². The van der Waals surface area contributed by atoms with E-state index in [9.17, 15) is 9.59 Å². The van der Waals surface area contributed by atoms with Crippen molar-refractivity contribution in [3.63, 3.8) is 0 Å². The fourth-order valence-corrected chi connectivity index (χ4v) is 3.70. The highest BCUT2D eigenvalue weighted by Gasteiger charge is 2.32. The van der Waals surface area contributed by atoms with E-state index in [0.29, 0.717) is 20.8 Å². The van der Waals surface area contributed by atoms with Gasteiger partial charge in [0.1, 0.15) is 15.8 Å². The Hall–Kier alpha value is -2.65. The van der Waals surface area contributed by atoms with E-state index in [2.05, 4.69) is 10.5 Å². The van der Waals surface area contributed by atoms with Gasteiger partial charge in [0.2, 0.25) is 5.91 Å². The maximum Gasteiger partial charge on any atom is 0.266 e. The van der Waals surface area contributed by atoms with Crippen LogP contribution in [0.5, 0.6) is 5.75 Å². The third-order valence-corrected chi connectivity index (χ3v) is 5.12. The predicted octanol–water partition coefficient (Wildman–Crippen LogP) is 3.22. The summed E-state index contributed by atoms with van der Waals surface area (Å²) in [7, 11) is 1.60. The summed E-state index contributed by atoms with van der Waals surface area (Å²) >= 11 is 6.51. The number of aromatic nitrogens is 1. The summed E-state index contributed by atoms with van der Waals surface area (Å²) in [5.41, 5.74) is 0.871. The number of thioether (sulfide) groups is 1. The Morgan fingerprint density at radius 1 is 1.41 bits per heavy atom. The lowest BCUT2D eigenvalue weighted by molar-refractivity contribution is -0.122. The van der Waals surface area contributed by atoms with Crippen LogP contribution in [0, 0.1) is 6.92 Å². The first kappa shape index (κ1) is 19.1. The molecule has 2 aromatic rings. The number of anilines is 1. The topological polar surface area (TPSA) is 84.7 Å². The highest BCUT2D eigenvalue weighted by molar-refractivity contribution is 8.26. The number of carbonyl (C=O) groups is 2. The van der Waals surface area contributed by atoms with Gasteiger partial charge < -0.3 is 14.6 Å². The lowest BCUT2D eigenvalue weighted by atomic mass is 10.2. The van der Waals surface area contributed by atoms with Gasteiger partial charge in [0.05, 0.1) is 12.0 Å². The molecule has 7 nitrogen and oxygen atoms in total. The molecule has 1 aliphatic rings. The quantitative estimate of drug-likeness (QED) is 0.585. The summed E-state index contributed by atoms with van der Waals surface area (Å²) in [6.07, 6.45) is 1.88. The van der Waals surface area contributed by atoms with Crippen molar-refractivity contribution >= 4 is 52.0 Å². The lowest BCUT2D eigenvalue weighted by Gasteiger charge is -2.13. The number of hydrogen-bond acceptors (Lipinski definition) is 7. The van der Waals surface area contributed by atoms with E-state index < -0.39 is 0 Å². The van der Waals surface area contributed by atoms with Gasteiger partial charge in [-0.25, -0.2) is 0 Å². The Labute approximate surface area is 165 Å². The fourth-order valence-electron chi connectivity index (χ4n) is 2.39. The average Bonchev–Trinajstić information content (AvgIpc) is 3.17. The van der Waals surface area contributed by atoms with Crippen molar-refractivity contribution in [2.45, 2.75) is 13.3 Å². The molecule has 0 bridgehead atoms. The number of methoxy groups -OCH3 is 1. The molecule has 3 rings (SSSR count). The van der Waals surface area contributed by atoms with Crippen LogP contribution in [-0.2, 0) is 9.59 Å². The monoisotopic (exact) mass is 403 g/mol. The summed E-state index contributed by atoms with van der Waals surface area (Å²) in [6.45, 7) is 1.94. The minimum Gasteiger partial charge on any atom is -0.497 e. The molecule has 2 amide bonds. The van der Waals surface area contributed by atoms with Crippen molar-refractivity contribution < 1.29 is 18.8 Å². The largest absolute Gasteiger partial charge is 0.497 e. The molecule has 140 valence electrons. The second-order valence-corrected chi connectivity index (χ2v) is 7.40. The van der Waals surface area contributed by atoms with E-state index >= 15 is 0 Å². The molecule has 1 aliphatic heterocycles. The van der Waals surface area contributed by atoms with Gasteiger partial charge in [0, 0.05) is 19.0 Å². The highest BCUT2D eigenvalue weighted by Crippen LogP contribution is 2.32. The minimum atomic E-state index is -0.267. The van der Waals surface area contributed by atoms with Crippen molar-refractivity contribution in [2.75, 3.05) is 19.0 Å². The molecule has 1 fully saturated rings. The Kier molecular flexibility index (Phi) is 5.92. The van der Waals surface area contributed by atoms with Gasteiger partial charge in [-0.3, -0.25) is 14.5 Å². The molecule has 0 radical (unpaired) electrons. The molecule has 2 heterocycles. The molecular formula is C18H17N3O4S2. The number of nitrogens with zero attached hydrogens (tertiary/aromatic N) is 2. The van der Waals surface area contributed by atoms with Gasteiger partial charge in [-0.1, -0.05) is 41.3 Å². The van der Waals surface area contributed by atoms with Gasteiger partial charge in [-0.15, -0.1) is 0 Å². The van der Waals surface area contributed by atoms with E-state index in [4.69, 9.17) is 21.5 Å². The SMILES string of the molecule is COc1ccc(C=C2SC(=S)N(CCC(=O)Nc3cc(C)on3)C2=O)cc1. The first-order chi connectivity index (χ1) is 13.0. The minimum absolute atomic E-state index is 0.105. The van der Waals surface area contributed by atoms with Crippen molar-refractivity contribution in [3.8, 4) is 5.75 Å².